The van der Waals surface area contributed by atoms with Crippen LogP contribution in [-0.4, -0.2) is 42.8 Å². The minimum absolute atomic E-state index is 0.0951. The van der Waals surface area contributed by atoms with E-state index in [1.165, 1.54) is 7.11 Å². The van der Waals surface area contributed by atoms with Gasteiger partial charge in [-0.15, -0.1) is 0 Å². The number of aliphatic carboxylic acids is 1. The number of carbonyl (C=O) groups excluding carboxylic acids is 1. The first-order valence-electron chi connectivity index (χ1n) is 6.37. The number of carboxylic acids is 1. The van der Waals surface area contributed by atoms with Gasteiger partial charge in [-0.1, -0.05) is 23.7 Å². The fraction of sp³-hybridized carbons (Fsp3) is 0.429. The van der Waals surface area contributed by atoms with Crippen molar-refractivity contribution >= 4 is 23.5 Å². The molecular weight excluding hydrogens is 298 g/mol. The quantitative estimate of drug-likeness (QED) is 0.763. The Balaban J connectivity index is 2.47. The molecule has 2 N–H and O–H groups in total. The van der Waals surface area contributed by atoms with Crippen LogP contribution in [0.3, 0.4) is 0 Å². The molecule has 0 radical (unpaired) electrons. The van der Waals surface area contributed by atoms with Gasteiger partial charge in [0.1, 0.15) is 5.75 Å². The summed E-state index contributed by atoms with van der Waals surface area (Å²) in [4.78, 5) is 22.5. The first kappa shape index (κ1) is 17.3. The highest BCUT2D eigenvalue weighted by atomic mass is 35.5. The first-order valence-corrected chi connectivity index (χ1v) is 6.75. The Morgan fingerprint density at radius 3 is 2.62 bits per heavy atom. The van der Waals surface area contributed by atoms with Gasteiger partial charge in [0.2, 0.25) is 0 Å². The van der Waals surface area contributed by atoms with E-state index in [1.807, 2.05) is 0 Å². The molecule has 0 heterocycles. The largest absolute Gasteiger partial charge is 0.481 e. The number of hydrogen-bond acceptors (Lipinski definition) is 4. The number of ether oxygens (including phenoxy) is 2. The molecule has 116 valence electrons. The van der Waals surface area contributed by atoms with Crippen LogP contribution in [0.25, 0.3) is 0 Å². The molecule has 1 amide bonds. The van der Waals surface area contributed by atoms with Crippen LogP contribution in [0.5, 0.6) is 5.75 Å². The maximum absolute atomic E-state index is 11.9. The summed E-state index contributed by atoms with van der Waals surface area (Å²) in [7, 11) is 1.39. The second-order valence-corrected chi connectivity index (χ2v) is 4.80. The van der Waals surface area contributed by atoms with E-state index in [4.69, 9.17) is 26.2 Å². The zero-order valence-corrected chi connectivity index (χ0v) is 12.6. The fourth-order valence-corrected chi connectivity index (χ4v) is 1.76. The normalized spacial score (nSPS) is 13.3. The summed E-state index contributed by atoms with van der Waals surface area (Å²) in [5, 5.41) is 11.7. The Bertz CT molecular complexity index is 494. The number of carboxylic acid groups (broad SMARTS) is 1. The zero-order valence-electron chi connectivity index (χ0n) is 11.8. The summed E-state index contributed by atoms with van der Waals surface area (Å²) in [6.45, 7) is 1.68. The van der Waals surface area contributed by atoms with Crippen molar-refractivity contribution in [3.63, 3.8) is 0 Å². The Morgan fingerprint density at radius 2 is 2.05 bits per heavy atom. The molecule has 0 fully saturated rings. The molecule has 1 rings (SSSR count). The molecule has 0 saturated carbocycles. The highest BCUT2D eigenvalue weighted by Gasteiger charge is 2.18. The van der Waals surface area contributed by atoms with E-state index in [0.717, 1.165) is 0 Å². The summed E-state index contributed by atoms with van der Waals surface area (Å²) >= 11 is 5.94. The molecule has 21 heavy (non-hydrogen) atoms. The minimum atomic E-state index is -0.989. The maximum Gasteiger partial charge on any atom is 0.306 e. The SMILES string of the molecule is COC(CNC(=O)C(C)Oc1ccccc1Cl)CC(=O)O. The zero-order chi connectivity index (χ0) is 15.8. The van der Waals surface area contributed by atoms with Gasteiger partial charge < -0.3 is 19.9 Å². The van der Waals surface area contributed by atoms with Crippen LogP contribution in [0.15, 0.2) is 24.3 Å². The van der Waals surface area contributed by atoms with Crippen LogP contribution >= 0.6 is 11.6 Å². The van der Waals surface area contributed by atoms with E-state index in [9.17, 15) is 9.59 Å². The lowest BCUT2D eigenvalue weighted by molar-refractivity contribution is -0.140. The van der Waals surface area contributed by atoms with Crippen molar-refractivity contribution in [2.24, 2.45) is 0 Å². The Hall–Kier alpha value is -1.79. The maximum atomic E-state index is 11.9. The number of benzene rings is 1. The summed E-state index contributed by atoms with van der Waals surface area (Å²) in [6.07, 6.45) is -1.53. The molecule has 0 bridgehead atoms. The number of hydrogen-bond donors (Lipinski definition) is 2. The van der Waals surface area contributed by atoms with Crippen LogP contribution in [0.4, 0.5) is 0 Å². The molecule has 1 aromatic carbocycles. The van der Waals surface area contributed by atoms with Crippen molar-refractivity contribution < 1.29 is 24.2 Å². The third kappa shape index (κ3) is 6.01. The number of halogens is 1. The predicted octanol–water partition coefficient (Wildman–Crippen LogP) is 1.71. The van der Waals surface area contributed by atoms with Gasteiger partial charge in [-0.25, -0.2) is 0 Å². The molecule has 0 aliphatic rings. The second-order valence-electron chi connectivity index (χ2n) is 4.39. The van der Waals surface area contributed by atoms with Gasteiger partial charge in [-0.3, -0.25) is 9.59 Å². The monoisotopic (exact) mass is 315 g/mol. The molecule has 0 spiro atoms. The third-order valence-corrected chi connectivity index (χ3v) is 3.06. The lowest BCUT2D eigenvalue weighted by Crippen LogP contribution is -2.41. The highest BCUT2D eigenvalue weighted by molar-refractivity contribution is 6.32. The highest BCUT2D eigenvalue weighted by Crippen LogP contribution is 2.24. The van der Waals surface area contributed by atoms with E-state index in [0.29, 0.717) is 10.8 Å². The van der Waals surface area contributed by atoms with Gasteiger partial charge in [-0.05, 0) is 19.1 Å². The number of rotatable bonds is 8. The van der Waals surface area contributed by atoms with Crippen LogP contribution in [0.1, 0.15) is 13.3 Å². The van der Waals surface area contributed by atoms with Crippen molar-refractivity contribution in [1.29, 1.82) is 0 Å². The lowest BCUT2D eigenvalue weighted by Gasteiger charge is -2.18. The summed E-state index contributed by atoms with van der Waals surface area (Å²) < 4.78 is 10.4. The standard InChI is InChI=1S/C14H18ClNO5/c1-9(21-12-6-4-3-5-11(12)15)14(19)16-8-10(20-2)7-13(17)18/h3-6,9-10H,7-8H2,1-2H3,(H,16,19)(H,17,18). The molecule has 1 aromatic rings. The Morgan fingerprint density at radius 1 is 1.38 bits per heavy atom. The molecule has 6 nitrogen and oxygen atoms in total. The smallest absolute Gasteiger partial charge is 0.306 e. The van der Waals surface area contributed by atoms with Crippen LogP contribution in [0.2, 0.25) is 5.02 Å². The van der Waals surface area contributed by atoms with Crippen molar-refractivity contribution in [1.82, 2.24) is 5.32 Å². The van der Waals surface area contributed by atoms with E-state index in [1.54, 1.807) is 31.2 Å². The summed E-state index contributed by atoms with van der Waals surface area (Å²) in [6, 6.07) is 6.83. The fourth-order valence-electron chi connectivity index (χ4n) is 1.58. The van der Waals surface area contributed by atoms with E-state index in [-0.39, 0.29) is 18.9 Å². The number of carbonyl (C=O) groups is 2. The predicted molar refractivity (Wildman–Crippen MR) is 77.6 cm³/mol. The van der Waals surface area contributed by atoms with Gasteiger partial charge in [0.25, 0.3) is 5.91 Å². The van der Waals surface area contributed by atoms with Crippen molar-refractivity contribution in [2.45, 2.75) is 25.6 Å². The Labute approximate surface area is 128 Å². The third-order valence-electron chi connectivity index (χ3n) is 2.75. The Kier molecular flexibility index (Phi) is 6.98. The molecule has 0 aliphatic heterocycles. The van der Waals surface area contributed by atoms with Crippen LogP contribution in [-0.2, 0) is 14.3 Å². The van der Waals surface area contributed by atoms with Gasteiger partial charge in [-0.2, -0.15) is 0 Å². The average Bonchev–Trinajstić information content (AvgIpc) is 2.45. The molecule has 2 unspecified atom stereocenters. The molecule has 7 heteroatoms. The molecule has 2 atom stereocenters. The molecule has 0 aliphatic carbocycles. The summed E-state index contributed by atoms with van der Waals surface area (Å²) in [5.74, 6) is -0.950. The van der Waals surface area contributed by atoms with E-state index >= 15 is 0 Å². The number of methoxy groups -OCH3 is 1. The van der Waals surface area contributed by atoms with Crippen molar-refractivity contribution in [2.75, 3.05) is 13.7 Å². The first-order chi connectivity index (χ1) is 9.93. The van der Waals surface area contributed by atoms with E-state index in [2.05, 4.69) is 5.32 Å². The number of nitrogens with one attached hydrogen (secondary N) is 1. The lowest BCUT2D eigenvalue weighted by atomic mass is 10.2. The average molecular weight is 316 g/mol. The van der Waals surface area contributed by atoms with Crippen molar-refractivity contribution in [3.8, 4) is 5.75 Å². The molecule has 0 saturated heterocycles. The van der Waals surface area contributed by atoms with Crippen LogP contribution < -0.4 is 10.1 Å². The minimum Gasteiger partial charge on any atom is -0.481 e. The molecule has 0 aromatic heterocycles. The molecular formula is C14H18ClNO5. The summed E-state index contributed by atoms with van der Waals surface area (Å²) in [5.41, 5.74) is 0. The topological polar surface area (TPSA) is 84.9 Å². The van der Waals surface area contributed by atoms with Gasteiger partial charge in [0.15, 0.2) is 6.10 Å². The second kappa shape index (κ2) is 8.49. The van der Waals surface area contributed by atoms with Crippen molar-refractivity contribution in [3.05, 3.63) is 29.3 Å². The van der Waals surface area contributed by atoms with E-state index < -0.39 is 18.2 Å². The number of amides is 1. The van der Waals surface area contributed by atoms with Gasteiger partial charge in [0.05, 0.1) is 17.5 Å². The van der Waals surface area contributed by atoms with Gasteiger partial charge >= 0.3 is 5.97 Å². The van der Waals surface area contributed by atoms with Crippen LogP contribution in [0, 0.1) is 0 Å². The number of para-hydroxylation sites is 1. The van der Waals surface area contributed by atoms with Gasteiger partial charge in [0, 0.05) is 13.7 Å².